The molecule has 2 aromatic carbocycles. The number of ether oxygens (including phenoxy) is 2. The molecule has 0 spiro atoms. The molecule has 28 heavy (non-hydrogen) atoms. The zero-order valence-corrected chi connectivity index (χ0v) is 16.5. The molecule has 142 valence electrons. The number of halogens is 1. The SMILES string of the molecule is CCOC(=O)C1=C(N)Oc2c(c(=O)sc3ccccc23)C1c1ccccc1Cl. The lowest BCUT2D eigenvalue weighted by Gasteiger charge is -2.28. The molecule has 2 heterocycles. The van der Waals surface area contributed by atoms with Crippen molar-refractivity contribution in [1.29, 1.82) is 0 Å². The molecular formula is C21H16ClNO4S. The van der Waals surface area contributed by atoms with Crippen molar-refractivity contribution in [3.63, 3.8) is 0 Å². The van der Waals surface area contributed by atoms with Gasteiger partial charge in [-0.15, -0.1) is 0 Å². The summed E-state index contributed by atoms with van der Waals surface area (Å²) in [5, 5.41) is 1.18. The average molecular weight is 414 g/mol. The minimum absolute atomic E-state index is 0.0852. The summed E-state index contributed by atoms with van der Waals surface area (Å²) in [6.45, 7) is 1.87. The molecule has 0 amide bonds. The lowest BCUT2D eigenvalue weighted by atomic mass is 9.83. The van der Waals surface area contributed by atoms with Gasteiger partial charge in [-0.2, -0.15) is 0 Å². The Labute approximate surface area is 170 Å². The van der Waals surface area contributed by atoms with Crippen molar-refractivity contribution in [2.75, 3.05) is 6.61 Å². The molecule has 1 aromatic heterocycles. The largest absolute Gasteiger partial charge is 0.462 e. The van der Waals surface area contributed by atoms with Crippen LogP contribution in [0.2, 0.25) is 5.02 Å². The molecule has 0 saturated heterocycles. The number of carbonyl (C=O) groups is 1. The number of nitrogens with two attached hydrogens (primary N) is 1. The average Bonchev–Trinajstić information content (AvgIpc) is 2.67. The van der Waals surface area contributed by atoms with E-state index in [0.29, 0.717) is 21.9 Å². The first-order valence-electron chi connectivity index (χ1n) is 8.67. The Bertz CT molecular complexity index is 1180. The summed E-state index contributed by atoms with van der Waals surface area (Å²) in [6, 6.07) is 14.5. The van der Waals surface area contributed by atoms with Gasteiger partial charge in [0, 0.05) is 15.1 Å². The van der Waals surface area contributed by atoms with Crippen LogP contribution in [0.1, 0.15) is 24.0 Å². The fourth-order valence-electron chi connectivity index (χ4n) is 3.39. The van der Waals surface area contributed by atoms with Crippen LogP contribution in [0.25, 0.3) is 10.1 Å². The number of hydrogen-bond acceptors (Lipinski definition) is 6. The highest BCUT2D eigenvalue weighted by molar-refractivity contribution is 7.16. The summed E-state index contributed by atoms with van der Waals surface area (Å²) >= 11 is 7.53. The van der Waals surface area contributed by atoms with Gasteiger partial charge in [0.25, 0.3) is 0 Å². The molecule has 7 heteroatoms. The fraction of sp³-hybridized carbons (Fsp3) is 0.143. The smallest absolute Gasteiger partial charge is 0.340 e. The van der Waals surface area contributed by atoms with Gasteiger partial charge >= 0.3 is 5.97 Å². The first-order chi connectivity index (χ1) is 13.5. The van der Waals surface area contributed by atoms with Crippen molar-refractivity contribution in [3.8, 4) is 5.75 Å². The number of hydrogen-bond donors (Lipinski definition) is 1. The Morgan fingerprint density at radius 3 is 2.68 bits per heavy atom. The molecule has 0 saturated carbocycles. The van der Waals surface area contributed by atoms with Crippen molar-refractivity contribution in [2.45, 2.75) is 12.8 Å². The van der Waals surface area contributed by atoms with Crippen LogP contribution in [0, 0.1) is 0 Å². The van der Waals surface area contributed by atoms with E-state index in [1.54, 1.807) is 31.2 Å². The molecule has 5 nitrogen and oxygen atoms in total. The standard InChI is InChI=1S/C21H16ClNO4S/c1-2-26-20(24)17-15(11-7-3-5-9-13(11)22)16-18(27-19(17)23)12-8-4-6-10-14(12)28-21(16)25/h3-10,15H,2,23H2,1H3. The highest BCUT2D eigenvalue weighted by atomic mass is 35.5. The number of rotatable bonds is 3. The minimum Gasteiger partial charge on any atom is -0.462 e. The third-order valence-corrected chi connectivity index (χ3v) is 5.89. The predicted molar refractivity (Wildman–Crippen MR) is 110 cm³/mol. The van der Waals surface area contributed by atoms with Gasteiger partial charge in [-0.05, 0) is 30.7 Å². The van der Waals surface area contributed by atoms with Crippen LogP contribution in [0.5, 0.6) is 5.75 Å². The van der Waals surface area contributed by atoms with Gasteiger partial charge in [-0.3, -0.25) is 4.79 Å². The Balaban J connectivity index is 2.07. The number of benzene rings is 2. The lowest BCUT2D eigenvalue weighted by molar-refractivity contribution is -0.139. The van der Waals surface area contributed by atoms with Gasteiger partial charge in [0.05, 0.1) is 18.1 Å². The van der Waals surface area contributed by atoms with E-state index in [4.69, 9.17) is 26.8 Å². The lowest BCUT2D eigenvalue weighted by Crippen LogP contribution is -2.30. The van der Waals surface area contributed by atoms with Crippen molar-refractivity contribution in [1.82, 2.24) is 0 Å². The Hall–Kier alpha value is -2.83. The van der Waals surface area contributed by atoms with Crippen LogP contribution < -0.4 is 15.2 Å². The highest BCUT2D eigenvalue weighted by Gasteiger charge is 2.39. The van der Waals surface area contributed by atoms with Crippen LogP contribution >= 0.6 is 22.9 Å². The number of fused-ring (bicyclic) bond motifs is 3. The molecule has 1 aliphatic rings. The van der Waals surface area contributed by atoms with E-state index in [9.17, 15) is 9.59 Å². The Morgan fingerprint density at radius 1 is 1.21 bits per heavy atom. The van der Waals surface area contributed by atoms with E-state index >= 15 is 0 Å². The van der Waals surface area contributed by atoms with Crippen molar-refractivity contribution in [2.24, 2.45) is 5.73 Å². The van der Waals surface area contributed by atoms with Gasteiger partial charge in [0.2, 0.25) is 10.6 Å². The molecule has 1 atom stereocenters. The van der Waals surface area contributed by atoms with Gasteiger partial charge in [0.15, 0.2) is 0 Å². The van der Waals surface area contributed by atoms with Crippen molar-refractivity contribution >= 4 is 39.0 Å². The first-order valence-corrected chi connectivity index (χ1v) is 9.87. The molecule has 1 unspecified atom stereocenters. The van der Waals surface area contributed by atoms with E-state index < -0.39 is 11.9 Å². The molecule has 0 radical (unpaired) electrons. The molecule has 4 rings (SSSR count). The maximum Gasteiger partial charge on any atom is 0.340 e. The number of carbonyl (C=O) groups excluding carboxylic acids is 1. The van der Waals surface area contributed by atoms with Crippen LogP contribution in [-0.4, -0.2) is 12.6 Å². The van der Waals surface area contributed by atoms with Crippen LogP contribution in [-0.2, 0) is 9.53 Å². The molecule has 2 N–H and O–H groups in total. The van der Waals surface area contributed by atoms with Gasteiger partial charge < -0.3 is 15.2 Å². The van der Waals surface area contributed by atoms with E-state index in [2.05, 4.69) is 0 Å². The molecule has 3 aromatic rings. The topological polar surface area (TPSA) is 78.6 Å². The summed E-state index contributed by atoms with van der Waals surface area (Å²) in [4.78, 5) is 25.8. The maximum atomic E-state index is 13.1. The highest BCUT2D eigenvalue weighted by Crippen LogP contribution is 2.46. The molecule has 0 aliphatic carbocycles. The van der Waals surface area contributed by atoms with Gasteiger partial charge in [-0.1, -0.05) is 53.3 Å². The normalized spacial score (nSPS) is 15.9. The number of esters is 1. The van der Waals surface area contributed by atoms with E-state index in [0.717, 1.165) is 21.4 Å². The summed E-state index contributed by atoms with van der Waals surface area (Å²) < 4.78 is 11.6. The zero-order valence-electron chi connectivity index (χ0n) is 14.9. The summed E-state index contributed by atoms with van der Waals surface area (Å²) in [5.41, 5.74) is 7.18. The Kier molecular flexibility index (Phi) is 4.83. The fourth-order valence-corrected chi connectivity index (χ4v) is 4.58. The maximum absolute atomic E-state index is 13.1. The zero-order chi connectivity index (χ0) is 19.8. The predicted octanol–water partition coefficient (Wildman–Crippen LogP) is 4.17. The van der Waals surface area contributed by atoms with E-state index in [1.165, 1.54) is 0 Å². The minimum atomic E-state index is -0.773. The van der Waals surface area contributed by atoms with E-state index in [-0.39, 0.29) is 22.8 Å². The summed E-state index contributed by atoms with van der Waals surface area (Å²) in [7, 11) is 0. The summed E-state index contributed by atoms with van der Waals surface area (Å²) in [5.74, 6) is -1.13. The molecular weight excluding hydrogens is 398 g/mol. The molecule has 0 bridgehead atoms. The molecule has 1 aliphatic heterocycles. The molecule has 0 fully saturated rings. The van der Waals surface area contributed by atoms with Crippen molar-refractivity contribution in [3.05, 3.63) is 85.7 Å². The van der Waals surface area contributed by atoms with Gasteiger partial charge in [0.1, 0.15) is 11.3 Å². The first kappa shape index (κ1) is 18.5. The second kappa shape index (κ2) is 7.30. The second-order valence-electron chi connectivity index (χ2n) is 6.18. The quantitative estimate of drug-likeness (QED) is 0.652. The van der Waals surface area contributed by atoms with Gasteiger partial charge in [-0.25, -0.2) is 4.79 Å². The van der Waals surface area contributed by atoms with Crippen LogP contribution in [0.3, 0.4) is 0 Å². The van der Waals surface area contributed by atoms with Crippen LogP contribution in [0.4, 0.5) is 0 Å². The monoisotopic (exact) mass is 413 g/mol. The third-order valence-electron chi connectivity index (χ3n) is 4.57. The third kappa shape index (κ3) is 2.95. The Morgan fingerprint density at radius 2 is 1.93 bits per heavy atom. The van der Waals surface area contributed by atoms with Crippen LogP contribution in [0.15, 0.2) is 64.8 Å². The second-order valence-corrected chi connectivity index (χ2v) is 7.61. The summed E-state index contributed by atoms with van der Waals surface area (Å²) in [6.07, 6.45) is 0. The van der Waals surface area contributed by atoms with Crippen molar-refractivity contribution < 1.29 is 14.3 Å². The van der Waals surface area contributed by atoms with E-state index in [1.807, 2.05) is 24.3 Å².